The lowest BCUT2D eigenvalue weighted by Gasteiger charge is -2.08. The molecular weight excluding hydrogens is 273 g/mol. The Bertz CT molecular complexity index is 400. The van der Waals surface area contributed by atoms with Crippen LogP contribution in [0.4, 0.5) is 4.48 Å². The summed E-state index contributed by atoms with van der Waals surface area (Å²) in [5.41, 5.74) is 3.94. The standard InChI is InChI=1S/C8H12N2O3.C3H6FNO2/c1-5(3-6(2)11)9-7-4-13-10-8(7)12;1-2(5-4)3(6)7/h3,7,9H,4H2,1-2H3,(H,10,12);2,5H,1H3,(H,6,7)/b5-3+;/t7-;/m1./s1. The second-order valence-electron chi connectivity index (χ2n) is 4.08. The number of carboxylic acid groups (broad SMARTS) is 1. The van der Waals surface area contributed by atoms with Crippen LogP contribution in [-0.4, -0.2) is 41.5 Å². The molecule has 0 aromatic heterocycles. The van der Waals surface area contributed by atoms with Gasteiger partial charge >= 0.3 is 5.97 Å². The van der Waals surface area contributed by atoms with E-state index in [9.17, 15) is 18.9 Å². The molecular formula is C11H18FN3O5. The fourth-order valence-electron chi connectivity index (χ4n) is 1.12. The van der Waals surface area contributed by atoms with Crippen LogP contribution in [-0.2, 0) is 19.2 Å². The van der Waals surface area contributed by atoms with E-state index >= 15 is 0 Å². The average Bonchev–Trinajstić information content (AvgIpc) is 2.73. The molecule has 1 unspecified atom stereocenters. The van der Waals surface area contributed by atoms with E-state index < -0.39 is 18.1 Å². The van der Waals surface area contributed by atoms with Gasteiger partial charge in [-0.15, -0.1) is 10.0 Å². The van der Waals surface area contributed by atoms with Crippen LogP contribution < -0.4 is 16.3 Å². The van der Waals surface area contributed by atoms with E-state index in [-0.39, 0.29) is 18.3 Å². The molecule has 1 fully saturated rings. The average molecular weight is 291 g/mol. The first-order valence-electron chi connectivity index (χ1n) is 5.74. The number of halogens is 1. The molecule has 2 atom stereocenters. The van der Waals surface area contributed by atoms with E-state index in [0.29, 0.717) is 5.70 Å². The van der Waals surface area contributed by atoms with Crippen LogP contribution in [0.2, 0.25) is 0 Å². The van der Waals surface area contributed by atoms with Crippen LogP contribution in [0.3, 0.4) is 0 Å². The summed E-state index contributed by atoms with van der Waals surface area (Å²) in [4.78, 5) is 36.0. The summed E-state index contributed by atoms with van der Waals surface area (Å²) in [5, 5.41) is 10.7. The van der Waals surface area contributed by atoms with Crippen LogP contribution in [0, 0.1) is 0 Å². The number of carboxylic acids is 1. The topological polar surface area (TPSA) is 117 Å². The third-order valence-electron chi connectivity index (χ3n) is 2.10. The summed E-state index contributed by atoms with van der Waals surface area (Å²) < 4.78 is 11.0. The zero-order valence-corrected chi connectivity index (χ0v) is 11.4. The Kier molecular flexibility index (Phi) is 8.09. The van der Waals surface area contributed by atoms with Gasteiger partial charge in [-0.05, 0) is 26.8 Å². The predicted molar refractivity (Wildman–Crippen MR) is 66.8 cm³/mol. The van der Waals surface area contributed by atoms with Gasteiger partial charge in [0.05, 0.1) is 0 Å². The van der Waals surface area contributed by atoms with Crippen LogP contribution in [0.25, 0.3) is 0 Å². The smallest absolute Gasteiger partial charge is 0.323 e. The summed E-state index contributed by atoms with van der Waals surface area (Å²) in [7, 11) is 0. The minimum atomic E-state index is -1.19. The number of carbonyl (C=O) groups is 3. The van der Waals surface area contributed by atoms with Crippen LogP contribution in [0.5, 0.6) is 0 Å². The van der Waals surface area contributed by atoms with Crippen molar-refractivity contribution in [2.24, 2.45) is 0 Å². The molecule has 1 aliphatic heterocycles. The Balaban J connectivity index is 0.000000441. The molecule has 1 amide bonds. The van der Waals surface area contributed by atoms with Gasteiger partial charge in [0.15, 0.2) is 5.78 Å². The molecule has 0 aromatic carbocycles. The van der Waals surface area contributed by atoms with Gasteiger partial charge in [0.1, 0.15) is 18.7 Å². The molecule has 114 valence electrons. The third kappa shape index (κ3) is 7.44. The fraction of sp³-hybridized carbons (Fsp3) is 0.545. The summed E-state index contributed by atoms with van der Waals surface area (Å²) in [6.07, 6.45) is 1.44. The normalized spacial score (nSPS) is 19.5. The number of hydrogen-bond donors (Lipinski definition) is 4. The molecule has 1 heterocycles. The number of ketones is 1. The number of carbonyl (C=O) groups excluding carboxylic acids is 2. The SMILES string of the molecule is CC(=O)/C=C(\C)N[C@@H]1CONC1=O.CC(NF)C(=O)O. The summed E-state index contributed by atoms with van der Waals surface area (Å²) in [6, 6.07) is -1.49. The molecule has 0 radical (unpaired) electrons. The second-order valence-corrected chi connectivity index (χ2v) is 4.08. The minimum absolute atomic E-state index is 0.0516. The molecule has 1 saturated heterocycles. The van der Waals surface area contributed by atoms with Gasteiger partial charge in [-0.2, -0.15) is 0 Å². The fourth-order valence-corrected chi connectivity index (χ4v) is 1.12. The zero-order chi connectivity index (χ0) is 15.7. The molecule has 0 spiro atoms. The van der Waals surface area contributed by atoms with Gasteiger partial charge in [-0.1, -0.05) is 0 Å². The van der Waals surface area contributed by atoms with Gasteiger partial charge in [0, 0.05) is 5.70 Å². The van der Waals surface area contributed by atoms with Crippen molar-refractivity contribution in [1.82, 2.24) is 16.3 Å². The van der Waals surface area contributed by atoms with E-state index in [1.165, 1.54) is 19.9 Å². The van der Waals surface area contributed by atoms with Crippen molar-refractivity contribution in [2.45, 2.75) is 32.9 Å². The van der Waals surface area contributed by atoms with Gasteiger partial charge in [-0.25, -0.2) is 5.48 Å². The van der Waals surface area contributed by atoms with Crippen molar-refractivity contribution >= 4 is 17.7 Å². The first kappa shape index (κ1) is 18.0. The molecule has 0 bridgehead atoms. The minimum Gasteiger partial charge on any atom is -0.480 e. The van der Waals surface area contributed by atoms with Gasteiger partial charge < -0.3 is 10.4 Å². The number of hydrogen-bond acceptors (Lipinski definition) is 6. The largest absolute Gasteiger partial charge is 0.480 e. The van der Waals surface area contributed by atoms with E-state index in [1.807, 2.05) is 0 Å². The number of hydroxylamine groups is 1. The molecule has 1 rings (SSSR count). The first-order valence-corrected chi connectivity index (χ1v) is 5.74. The number of aliphatic carboxylic acids is 1. The Hall–Kier alpha value is -2.00. The number of rotatable bonds is 5. The van der Waals surface area contributed by atoms with E-state index in [4.69, 9.17) is 9.94 Å². The molecule has 0 saturated carbocycles. The van der Waals surface area contributed by atoms with Crippen molar-refractivity contribution in [1.29, 1.82) is 0 Å². The van der Waals surface area contributed by atoms with Gasteiger partial charge in [0.25, 0.3) is 5.91 Å². The number of amides is 1. The van der Waals surface area contributed by atoms with E-state index in [0.717, 1.165) is 5.54 Å². The lowest BCUT2D eigenvalue weighted by atomic mass is 10.2. The summed E-state index contributed by atoms with van der Waals surface area (Å²) >= 11 is 0. The lowest BCUT2D eigenvalue weighted by Crippen LogP contribution is -2.36. The van der Waals surface area contributed by atoms with Crippen molar-refractivity contribution in [2.75, 3.05) is 6.61 Å². The second kappa shape index (κ2) is 8.99. The highest BCUT2D eigenvalue weighted by Gasteiger charge is 2.24. The zero-order valence-electron chi connectivity index (χ0n) is 11.4. The molecule has 0 aliphatic carbocycles. The maximum atomic E-state index is 11.0. The van der Waals surface area contributed by atoms with Crippen molar-refractivity contribution in [3.8, 4) is 0 Å². The Morgan fingerprint density at radius 3 is 2.45 bits per heavy atom. The molecule has 0 aromatic rings. The molecule has 4 N–H and O–H groups in total. The first-order chi connectivity index (χ1) is 9.27. The molecule has 1 aliphatic rings. The maximum absolute atomic E-state index is 11.0. The quantitative estimate of drug-likeness (QED) is 0.396. The lowest BCUT2D eigenvalue weighted by molar-refractivity contribution is -0.140. The van der Waals surface area contributed by atoms with E-state index in [2.05, 4.69) is 10.8 Å². The highest BCUT2D eigenvalue weighted by molar-refractivity contribution is 5.88. The maximum Gasteiger partial charge on any atom is 0.323 e. The van der Waals surface area contributed by atoms with Gasteiger partial charge in [0.2, 0.25) is 0 Å². The highest BCUT2D eigenvalue weighted by atomic mass is 19.2. The molecule has 8 nitrogen and oxygen atoms in total. The van der Waals surface area contributed by atoms with Crippen molar-refractivity contribution < 1.29 is 28.8 Å². The third-order valence-corrected chi connectivity index (χ3v) is 2.10. The van der Waals surface area contributed by atoms with Crippen molar-refractivity contribution in [3.05, 3.63) is 11.8 Å². The van der Waals surface area contributed by atoms with Crippen LogP contribution in [0.1, 0.15) is 20.8 Å². The monoisotopic (exact) mass is 291 g/mol. The summed E-state index contributed by atoms with van der Waals surface area (Å²) in [5.74, 6) is -1.46. The Morgan fingerprint density at radius 1 is 1.55 bits per heavy atom. The van der Waals surface area contributed by atoms with Gasteiger partial charge in [-0.3, -0.25) is 19.2 Å². The molecule has 20 heavy (non-hydrogen) atoms. The highest BCUT2D eigenvalue weighted by Crippen LogP contribution is 1.98. The molecule has 9 heteroatoms. The Labute approximate surface area is 115 Å². The van der Waals surface area contributed by atoms with Crippen LogP contribution in [0.15, 0.2) is 11.8 Å². The van der Waals surface area contributed by atoms with Crippen molar-refractivity contribution in [3.63, 3.8) is 0 Å². The number of allylic oxidation sites excluding steroid dienone is 2. The summed E-state index contributed by atoms with van der Waals surface area (Å²) in [6.45, 7) is 4.67. The predicted octanol–water partition coefficient (Wildman–Crippen LogP) is -0.568. The number of nitrogens with one attached hydrogen (secondary N) is 3. The van der Waals surface area contributed by atoms with E-state index in [1.54, 1.807) is 6.92 Å². The Morgan fingerprint density at radius 2 is 2.15 bits per heavy atom. The van der Waals surface area contributed by atoms with Crippen LogP contribution >= 0.6 is 0 Å².